The van der Waals surface area contributed by atoms with E-state index in [9.17, 15) is 4.79 Å². The van der Waals surface area contributed by atoms with Crippen LogP contribution in [0.5, 0.6) is 0 Å². The third-order valence-electron chi connectivity index (χ3n) is 6.04. The van der Waals surface area contributed by atoms with Gasteiger partial charge in [-0.2, -0.15) is 0 Å². The largest absolute Gasteiger partial charge is 0.356 e. The van der Waals surface area contributed by atoms with Crippen LogP contribution in [0.15, 0.2) is 48.8 Å². The van der Waals surface area contributed by atoms with Gasteiger partial charge in [0, 0.05) is 54.8 Å². The first kappa shape index (κ1) is 21.0. The van der Waals surface area contributed by atoms with Crippen molar-refractivity contribution in [1.29, 1.82) is 0 Å². The van der Waals surface area contributed by atoms with Crippen molar-refractivity contribution in [3.05, 3.63) is 71.2 Å². The highest BCUT2D eigenvalue weighted by Gasteiger charge is 2.27. The first-order valence-corrected chi connectivity index (χ1v) is 10.8. The Hall–Kier alpha value is -3.28. The Kier molecular flexibility index (Phi) is 6.26. The van der Waals surface area contributed by atoms with E-state index in [-0.39, 0.29) is 11.8 Å². The average Bonchev–Trinajstić information content (AvgIpc) is 2.81. The second kappa shape index (κ2) is 9.25. The number of anilines is 1. The molecule has 0 radical (unpaired) electrons. The van der Waals surface area contributed by atoms with E-state index in [0.717, 1.165) is 54.1 Å². The van der Waals surface area contributed by atoms with Crippen LogP contribution in [0.2, 0.25) is 0 Å². The molecule has 0 spiro atoms. The van der Waals surface area contributed by atoms with Crippen LogP contribution in [-0.2, 0) is 11.3 Å². The van der Waals surface area contributed by atoms with Crippen LogP contribution in [0.3, 0.4) is 0 Å². The summed E-state index contributed by atoms with van der Waals surface area (Å²) < 4.78 is 0. The second-order valence-electron chi connectivity index (χ2n) is 8.29. The molecule has 1 amide bonds. The van der Waals surface area contributed by atoms with Gasteiger partial charge in [-0.1, -0.05) is 29.8 Å². The van der Waals surface area contributed by atoms with E-state index in [2.05, 4.69) is 58.3 Å². The lowest BCUT2D eigenvalue weighted by molar-refractivity contribution is -0.125. The highest BCUT2D eigenvalue weighted by molar-refractivity contribution is 5.79. The number of carbonyl (C=O) groups excluding carboxylic acids is 1. The monoisotopic (exact) mass is 415 g/mol. The van der Waals surface area contributed by atoms with Gasteiger partial charge < -0.3 is 10.2 Å². The Morgan fingerprint density at radius 3 is 2.48 bits per heavy atom. The van der Waals surface area contributed by atoms with Gasteiger partial charge in [-0.15, -0.1) is 0 Å². The Morgan fingerprint density at radius 1 is 1.06 bits per heavy atom. The summed E-state index contributed by atoms with van der Waals surface area (Å²) in [5, 5.41) is 3.10. The van der Waals surface area contributed by atoms with E-state index in [1.54, 1.807) is 12.4 Å². The maximum atomic E-state index is 12.7. The van der Waals surface area contributed by atoms with Crippen LogP contribution < -0.4 is 10.2 Å². The average molecular weight is 416 g/mol. The zero-order chi connectivity index (χ0) is 21.8. The molecule has 2 aromatic heterocycles. The molecule has 1 aliphatic heterocycles. The molecular weight excluding hydrogens is 386 g/mol. The minimum atomic E-state index is 0.0442. The number of amides is 1. The Balaban J connectivity index is 1.39. The number of nitrogens with one attached hydrogen (secondary N) is 1. The van der Waals surface area contributed by atoms with Gasteiger partial charge in [0.05, 0.1) is 0 Å². The van der Waals surface area contributed by atoms with Crippen LogP contribution >= 0.6 is 0 Å². The lowest BCUT2D eigenvalue weighted by Crippen LogP contribution is -2.41. The Bertz CT molecular complexity index is 1040. The molecule has 0 atom stereocenters. The third kappa shape index (κ3) is 4.90. The first-order chi connectivity index (χ1) is 15.0. The van der Waals surface area contributed by atoms with Gasteiger partial charge in [-0.3, -0.25) is 9.78 Å². The molecule has 6 heteroatoms. The number of nitrogens with zero attached hydrogens (tertiary/aromatic N) is 4. The number of piperidine rings is 1. The topological polar surface area (TPSA) is 71.0 Å². The minimum Gasteiger partial charge on any atom is -0.356 e. The lowest BCUT2D eigenvalue weighted by atomic mass is 9.95. The molecule has 1 saturated heterocycles. The van der Waals surface area contributed by atoms with Crippen LogP contribution in [-0.4, -0.2) is 33.9 Å². The van der Waals surface area contributed by atoms with Gasteiger partial charge in [0.25, 0.3) is 0 Å². The van der Waals surface area contributed by atoms with Crippen molar-refractivity contribution < 1.29 is 4.79 Å². The van der Waals surface area contributed by atoms with Crippen molar-refractivity contribution in [2.75, 3.05) is 18.0 Å². The fraction of sp³-hybridized carbons (Fsp3) is 0.360. The maximum Gasteiger partial charge on any atom is 0.223 e. The fourth-order valence-corrected chi connectivity index (χ4v) is 3.94. The zero-order valence-corrected chi connectivity index (χ0v) is 18.4. The molecule has 6 nitrogen and oxygen atoms in total. The number of aryl methyl sites for hydroxylation is 2. The van der Waals surface area contributed by atoms with Crippen molar-refractivity contribution in [2.24, 2.45) is 5.92 Å². The lowest BCUT2D eigenvalue weighted by Gasteiger charge is -2.33. The number of rotatable bonds is 5. The number of benzene rings is 1. The standard InChI is InChI=1S/C25H29N5O/c1-17-6-8-20(9-7-17)15-27-25(31)21-10-13-30(14-11-21)24-18(2)19(3)28-23(29-24)22-5-4-12-26-16-22/h4-9,12,16,21H,10-11,13-15H2,1-3H3,(H,27,31). The van der Waals surface area contributed by atoms with E-state index < -0.39 is 0 Å². The molecule has 1 N–H and O–H groups in total. The van der Waals surface area contributed by atoms with E-state index in [1.807, 2.05) is 19.1 Å². The van der Waals surface area contributed by atoms with Crippen molar-refractivity contribution in [1.82, 2.24) is 20.3 Å². The third-order valence-corrected chi connectivity index (χ3v) is 6.04. The van der Waals surface area contributed by atoms with Gasteiger partial charge in [-0.25, -0.2) is 9.97 Å². The molecule has 0 aliphatic carbocycles. The maximum absolute atomic E-state index is 12.7. The first-order valence-electron chi connectivity index (χ1n) is 10.8. The van der Waals surface area contributed by atoms with E-state index in [0.29, 0.717) is 12.4 Å². The molecule has 3 heterocycles. The van der Waals surface area contributed by atoms with Crippen molar-refractivity contribution in [3.63, 3.8) is 0 Å². The van der Waals surface area contributed by atoms with Gasteiger partial charge >= 0.3 is 0 Å². The van der Waals surface area contributed by atoms with Crippen molar-refractivity contribution >= 4 is 11.7 Å². The normalized spacial score (nSPS) is 14.5. The molecule has 160 valence electrons. The number of carbonyl (C=O) groups is 1. The van der Waals surface area contributed by atoms with Crippen molar-refractivity contribution in [2.45, 2.75) is 40.2 Å². The molecule has 31 heavy (non-hydrogen) atoms. The molecule has 1 aromatic carbocycles. The molecular formula is C25H29N5O. The molecule has 1 fully saturated rings. The number of hydrogen-bond donors (Lipinski definition) is 1. The van der Waals surface area contributed by atoms with Crippen LogP contribution in [0.1, 0.15) is 35.2 Å². The molecule has 1 aliphatic rings. The fourth-order valence-electron chi connectivity index (χ4n) is 3.94. The Labute approximate surface area is 183 Å². The summed E-state index contributed by atoms with van der Waals surface area (Å²) >= 11 is 0. The molecule has 0 unspecified atom stereocenters. The van der Waals surface area contributed by atoms with Crippen LogP contribution in [0.4, 0.5) is 5.82 Å². The summed E-state index contributed by atoms with van der Waals surface area (Å²) in [6, 6.07) is 12.2. The predicted molar refractivity (Wildman–Crippen MR) is 123 cm³/mol. The van der Waals surface area contributed by atoms with E-state index in [4.69, 9.17) is 4.98 Å². The summed E-state index contributed by atoms with van der Waals surface area (Å²) in [5.74, 6) is 1.85. The van der Waals surface area contributed by atoms with Crippen LogP contribution in [0, 0.1) is 26.7 Å². The second-order valence-corrected chi connectivity index (χ2v) is 8.29. The van der Waals surface area contributed by atoms with E-state index in [1.165, 1.54) is 5.56 Å². The van der Waals surface area contributed by atoms with Gasteiger partial charge in [-0.05, 0) is 51.3 Å². The SMILES string of the molecule is Cc1ccc(CNC(=O)C2CCN(c3nc(-c4cccnc4)nc(C)c3C)CC2)cc1. The predicted octanol–water partition coefficient (Wildman–Crippen LogP) is 4.00. The van der Waals surface area contributed by atoms with Gasteiger partial charge in [0.1, 0.15) is 5.82 Å². The van der Waals surface area contributed by atoms with Crippen LogP contribution in [0.25, 0.3) is 11.4 Å². The summed E-state index contributed by atoms with van der Waals surface area (Å²) in [6.07, 6.45) is 5.19. The minimum absolute atomic E-state index is 0.0442. The van der Waals surface area contributed by atoms with E-state index >= 15 is 0 Å². The highest BCUT2D eigenvalue weighted by Crippen LogP contribution is 2.28. The summed E-state index contributed by atoms with van der Waals surface area (Å²) in [5.41, 5.74) is 5.34. The van der Waals surface area contributed by atoms with Crippen molar-refractivity contribution in [3.8, 4) is 11.4 Å². The molecule has 0 bridgehead atoms. The Morgan fingerprint density at radius 2 is 1.81 bits per heavy atom. The molecule has 4 rings (SSSR count). The van der Waals surface area contributed by atoms with Gasteiger partial charge in [0.2, 0.25) is 5.91 Å². The number of aromatic nitrogens is 3. The summed E-state index contributed by atoms with van der Waals surface area (Å²) in [7, 11) is 0. The summed E-state index contributed by atoms with van der Waals surface area (Å²) in [4.78, 5) is 28.7. The highest BCUT2D eigenvalue weighted by atomic mass is 16.1. The number of pyridine rings is 1. The number of hydrogen-bond acceptors (Lipinski definition) is 5. The molecule has 0 saturated carbocycles. The summed E-state index contributed by atoms with van der Waals surface area (Å²) in [6.45, 7) is 8.36. The quantitative estimate of drug-likeness (QED) is 0.682. The molecule has 3 aromatic rings. The smallest absolute Gasteiger partial charge is 0.223 e. The van der Waals surface area contributed by atoms with Gasteiger partial charge in [0.15, 0.2) is 5.82 Å². The zero-order valence-electron chi connectivity index (χ0n) is 18.4.